The summed E-state index contributed by atoms with van der Waals surface area (Å²) in [5.74, 6) is 0.0430. The van der Waals surface area contributed by atoms with E-state index in [4.69, 9.17) is 4.52 Å². The van der Waals surface area contributed by atoms with Crippen molar-refractivity contribution in [1.82, 2.24) is 10.3 Å². The maximum absolute atomic E-state index is 12.2. The predicted molar refractivity (Wildman–Crippen MR) is 101 cm³/mol. The number of nitrogens with zero attached hydrogens (tertiary/aromatic N) is 5. The van der Waals surface area contributed by atoms with Gasteiger partial charge < -0.3 is 0 Å². The SMILES string of the molecule is CN(C)[n+]1cc(NC(=O)CSc2nc(-c3ccccc3)ccc2C#N)on1. The van der Waals surface area contributed by atoms with Gasteiger partial charge in [0.2, 0.25) is 11.2 Å². The number of anilines is 1. The van der Waals surface area contributed by atoms with Crippen LogP contribution in [0.5, 0.6) is 0 Å². The first-order valence-electron chi connectivity index (χ1n) is 8.02. The van der Waals surface area contributed by atoms with Crippen LogP contribution in [0.4, 0.5) is 5.88 Å². The minimum Gasteiger partial charge on any atom is -0.288 e. The van der Waals surface area contributed by atoms with Crippen molar-refractivity contribution in [3.05, 3.63) is 54.2 Å². The largest absolute Gasteiger partial charge is 0.305 e. The summed E-state index contributed by atoms with van der Waals surface area (Å²) in [6.07, 6.45) is 1.55. The molecule has 9 heteroatoms. The second kappa shape index (κ2) is 8.33. The molecule has 1 N–H and O–H groups in total. The van der Waals surface area contributed by atoms with Gasteiger partial charge in [0.05, 0.1) is 35.9 Å². The van der Waals surface area contributed by atoms with Gasteiger partial charge in [-0.15, -0.1) is 0 Å². The van der Waals surface area contributed by atoms with Crippen LogP contribution in [0.15, 0.2) is 58.2 Å². The van der Waals surface area contributed by atoms with E-state index >= 15 is 0 Å². The van der Waals surface area contributed by atoms with Crippen LogP contribution in [0, 0.1) is 11.3 Å². The second-order valence-corrected chi connectivity index (χ2v) is 6.66. The molecular weight excluding hydrogens is 364 g/mol. The van der Waals surface area contributed by atoms with Crippen LogP contribution in [0.1, 0.15) is 5.56 Å². The minimum atomic E-state index is -0.280. The molecule has 0 atom stereocenters. The van der Waals surface area contributed by atoms with Crippen molar-refractivity contribution in [3.63, 3.8) is 0 Å². The Morgan fingerprint density at radius 3 is 2.74 bits per heavy atom. The number of benzene rings is 1. The zero-order valence-electron chi connectivity index (χ0n) is 14.8. The summed E-state index contributed by atoms with van der Waals surface area (Å²) in [7, 11) is 3.58. The Morgan fingerprint density at radius 2 is 2.07 bits per heavy atom. The van der Waals surface area contributed by atoms with Crippen molar-refractivity contribution in [2.24, 2.45) is 0 Å². The first kappa shape index (κ1) is 18.4. The van der Waals surface area contributed by atoms with Gasteiger partial charge in [-0.25, -0.2) is 4.98 Å². The molecule has 27 heavy (non-hydrogen) atoms. The molecule has 136 valence electrons. The van der Waals surface area contributed by atoms with Gasteiger partial charge in [-0.05, 0) is 12.1 Å². The molecule has 2 heterocycles. The van der Waals surface area contributed by atoms with E-state index in [2.05, 4.69) is 21.6 Å². The summed E-state index contributed by atoms with van der Waals surface area (Å²) in [5, 5.41) is 17.9. The second-order valence-electron chi connectivity index (χ2n) is 5.70. The smallest absolute Gasteiger partial charge is 0.288 e. The minimum absolute atomic E-state index is 0.0859. The lowest BCUT2D eigenvalue weighted by molar-refractivity contribution is -0.753. The van der Waals surface area contributed by atoms with E-state index in [1.165, 1.54) is 16.6 Å². The zero-order chi connectivity index (χ0) is 19.2. The maximum atomic E-state index is 12.2. The van der Waals surface area contributed by atoms with Gasteiger partial charge in [-0.1, -0.05) is 42.1 Å². The Bertz CT molecular complexity index is 981. The topological polar surface area (TPSA) is 98.9 Å². The van der Waals surface area contributed by atoms with Gasteiger partial charge in [0, 0.05) is 5.56 Å². The number of rotatable bonds is 6. The number of pyridine rings is 1. The average molecular weight is 381 g/mol. The molecule has 0 saturated heterocycles. The quantitative estimate of drug-likeness (QED) is 0.514. The lowest BCUT2D eigenvalue weighted by atomic mass is 10.1. The number of hydrogen-bond donors (Lipinski definition) is 1. The third-order valence-corrected chi connectivity index (χ3v) is 4.51. The highest BCUT2D eigenvalue weighted by Gasteiger charge is 2.17. The highest BCUT2D eigenvalue weighted by Crippen LogP contribution is 2.25. The highest BCUT2D eigenvalue weighted by atomic mass is 32.2. The van der Waals surface area contributed by atoms with Gasteiger partial charge in [-0.3, -0.25) is 14.6 Å². The molecule has 0 unspecified atom stereocenters. The van der Waals surface area contributed by atoms with Crippen molar-refractivity contribution in [3.8, 4) is 17.3 Å². The van der Waals surface area contributed by atoms with Crippen LogP contribution in [0.2, 0.25) is 0 Å². The summed E-state index contributed by atoms with van der Waals surface area (Å²) in [6, 6.07) is 15.3. The monoisotopic (exact) mass is 381 g/mol. The van der Waals surface area contributed by atoms with E-state index in [1.54, 1.807) is 37.4 Å². The third kappa shape index (κ3) is 4.62. The molecule has 3 rings (SSSR count). The number of aromatic nitrogens is 3. The molecule has 0 saturated carbocycles. The third-order valence-electron chi connectivity index (χ3n) is 3.52. The Balaban J connectivity index is 1.69. The van der Waals surface area contributed by atoms with Crippen LogP contribution in [-0.2, 0) is 4.79 Å². The van der Waals surface area contributed by atoms with Crippen LogP contribution in [0.25, 0.3) is 11.3 Å². The van der Waals surface area contributed by atoms with Crippen molar-refractivity contribution < 1.29 is 14.1 Å². The fraction of sp³-hybridized carbons (Fsp3) is 0.167. The fourth-order valence-electron chi connectivity index (χ4n) is 2.19. The van der Waals surface area contributed by atoms with E-state index < -0.39 is 0 Å². The van der Waals surface area contributed by atoms with Gasteiger partial charge in [0.1, 0.15) is 11.1 Å². The normalized spacial score (nSPS) is 10.3. The zero-order valence-corrected chi connectivity index (χ0v) is 15.6. The molecule has 0 aliphatic rings. The molecule has 1 aromatic carbocycles. The molecule has 0 radical (unpaired) electrons. The van der Waals surface area contributed by atoms with E-state index in [-0.39, 0.29) is 17.5 Å². The van der Waals surface area contributed by atoms with Gasteiger partial charge in [-0.2, -0.15) is 10.3 Å². The van der Waals surface area contributed by atoms with E-state index in [0.29, 0.717) is 10.6 Å². The lowest BCUT2D eigenvalue weighted by Gasteiger charge is -2.06. The number of hydrogen-bond acceptors (Lipinski definition) is 7. The highest BCUT2D eigenvalue weighted by molar-refractivity contribution is 8.00. The standard InChI is InChI=1S/C18H16N6O2S/c1-23(2)24-11-17(26-22-24)21-16(25)12-27-18-14(10-19)8-9-15(20-18)13-6-4-3-5-7-13/h3-9,11H,12H2,1-2H3/p+1. The van der Waals surface area contributed by atoms with Crippen LogP contribution in [-0.4, -0.2) is 36.0 Å². The molecule has 0 aliphatic heterocycles. The number of amides is 1. The number of carbonyl (C=O) groups is 1. The Morgan fingerprint density at radius 1 is 1.30 bits per heavy atom. The summed E-state index contributed by atoms with van der Waals surface area (Å²) in [5.41, 5.74) is 2.13. The Labute approximate surface area is 160 Å². The Kier molecular flexibility index (Phi) is 5.68. The number of thioether (sulfide) groups is 1. The molecule has 0 spiro atoms. The summed E-state index contributed by atoms with van der Waals surface area (Å²) >= 11 is 1.20. The van der Waals surface area contributed by atoms with E-state index in [9.17, 15) is 10.1 Å². The fourth-order valence-corrected chi connectivity index (χ4v) is 2.97. The summed E-state index contributed by atoms with van der Waals surface area (Å²) in [6.45, 7) is 0. The number of carbonyl (C=O) groups excluding carboxylic acids is 1. The lowest BCUT2D eigenvalue weighted by Crippen LogP contribution is -2.53. The molecule has 3 aromatic rings. The molecule has 0 aliphatic carbocycles. The number of nitrogens with one attached hydrogen (secondary N) is 1. The first-order valence-corrected chi connectivity index (χ1v) is 9.01. The van der Waals surface area contributed by atoms with Crippen LogP contribution >= 0.6 is 11.8 Å². The van der Waals surface area contributed by atoms with Gasteiger partial charge >= 0.3 is 5.88 Å². The van der Waals surface area contributed by atoms with E-state index in [1.807, 2.05) is 30.3 Å². The number of nitriles is 1. The van der Waals surface area contributed by atoms with Gasteiger partial charge in [0.15, 0.2) is 0 Å². The van der Waals surface area contributed by atoms with Crippen molar-refractivity contribution >= 4 is 23.6 Å². The van der Waals surface area contributed by atoms with Crippen molar-refractivity contribution in [1.29, 1.82) is 5.26 Å². The molecule has 2 aromatic heterocycles. The first-order chi connectivity index (χ1) is 13.1. The summed E-state index contributed by atoms with van der Waals surface area (Å²) < 4.78 is 5.03. The van der Waals surface area contributed by atoms with Crippen molar-refractivity contribution in [2.75, 3.05) is 30.2 Å². The molecular formula is C18H17N6O2S+. The van der Waals surface area contributed by atoms with Gasteiger partial charge in [0.25, 0.3) is 6.20 Å². The average Bonchev–Trinajstić information content (AvgIpc) is 3.15. The predicted octanol–water partition coefficient (Wildman–Crippen LogP) is 1.82. The van der Waals surface area contributed by atoms with Crippen molar-refractivity contribution in [2.45, 2.75) is 5.03 Å². The molecule has 0 fully saturated rings. The Hall–Kier alpha value is -3.38. The van der Waals surface area contributed by atoms with Crippen LogP contribution < -0.4 is 15.1 Å². The molecule has 8 nitrogen and oxygen atoms in total. The van der Waals surface area contributed by atoms with Crippen LogP contribution in [0.3, 0.4) is 0 Å². The molecule has 0 bridgehead atoms. The van der Waals surface area contributed by atoms with E-state index in [0.717, 1.165) is 11.3 Å². The maximum Gasteiger partial charge on any atom is 0.305 e. The summed E-state index contributed by atoms with van der Waals surface area (Å²) in [4.78, 5) is 18.1. The molecule has 1 amide bonds.